The van der Waals surface area contributed by atoms with Gasteiger partial charge in [0.1, 0.15) is 6.33 Å². The fourth-order valence-corrected chi connectivity index (χ4v) is 3.37. The Balaban J connectivity index is 1.76. The van der Waals surface area contributed by atoms with Gasteiger partial charge in [-0.1, -0.05) is 13.8 Å². The van der Waals surface area contributed by atoms with Crippen LogP contribution in [0, 0.1) is 11.7 Å². The molecule has 0 N–H and O–H groups in total. The number of aromatic nitrogens is 2. The third kappa shape index (κ3) is 2.87. The van der Waals surface area contributed by atoms with Crippen molar-refractivity contribution < 1.29 is 9.13 Å². The zero-order valence-corrected chi connectivity index (χ0v) is 12.8. The van der Waals surface area contributed by atoms with E-state index in [1.54, 1.807) is 0 Å². The second kappa shape index (κ2) is 6.23. The number of hydrogen-bond donors (Lipinski definition) is 0. The summed E-state index contributed by atoms with van der Waals surface area (Å²) in [5.74, 6) is 0.710. The van der Waals surface area contributed by atoms with Crippen LogP contribution in [0.4, 0.5) is 10.2 Å². The number of aryl methyl sites for hydroxylation is 1. The predicted molar refractivity (Wildman–Crippen MR) is 78.9 cm³/mol. The summed E-state index contributed by atoms with van der Waals surface area (Å²) in [4.78, 5) is 12.7. The maximum absolute atomic E-state index is 14.4. The number of nitrogens with zero attached hydrogens (tertiary/aromatic N) is 4. The molecule has 1 aromatic heterocycles. The Morgan fingerprint density at radius 2 is 2.05 bits per heavy atom. The van der Waals surface area contributed by atoms with E-state index in [0.29, 0.717) is 29.9 Å². The highest BCUT2D eigenvalue weighted by atomic mass is 19.1. The molecule has 2 unspecified atom stereocenters. The lowest BCUT2D eigenvalue weighted by Gasteiger charge is -2.34. The topological polar surface area (TPSA) is 41.5 Å². The summed E-state index contributed by atoms with van der Waals surface area (Å²) in [5.41, 5.74) is 0.502. The van der Waals surface area contributed by atoms with Crippen molar-refractivity contribution in [2.24, 2.45) is 5.92 Å². The van der Waals surface area contributed by atoms with Crippen LogP contribution in [0.1, 0.15) is 19.5 Å². The van der Waals surface area contributed by atoms with E-state index in [1.165, 1.54) is 6.33 Å². The standard InChI is InChI=1S/C15H23FN4O/c1-3-12-14(16)15(18-10-17-12)20-8-11(2)13(9-20)19-4-6-21-7-5-19/h10-11,13H,3-9H2,1-2H3. The van der Waals surface area contributed by atoms with E-state index >= 15 is 0 Å². The summed E-state index contributed by atoms with van der Waals surface area (Å²) in [5, 5.41) is 0. The van der Waals surface area contributed by atoms with Crippen molar-refractivity contribution in [3.8, 4) is 0 Å². The van der Waals surface area contributed by atoms with Crippen LogP contribution in [0.25, 0.3) is 0 Å². The molecule has 2 saturated heterocycles. The maximum atomic E-state index is 14.4. The molecular weight excluding hydrogens is 271 g/mol. The van der Waals surface area contributed by atoms with Gasteiger partial charge in [-0.3, -0.25) is 4.90 Å². The van der Waals surface area contributed by atoms with Crippen LogP contribution in [0.5, 0.6) is 0 Å². The van der Waals surface area contributed by atoms with Crippen LogP contribution >= 0.6 is 0 Å². The molecule has 0 saturated carbocycles. The van der Waals surface area contributed by atoms with Gasteiger partial charge in [0.25, 0.3) is 0 Å². The molecule has 0 aliphatic carbocycles. The van der Waals surface area contributed by atoms with Crippen LogP contribution in [-0.4, -0.2) is 60.3 Å². The Kier molecular flexibility index (Phi) is 4.35. The SMILES string of the molecule is CCc1ncnc(N2CC(C)C(N3CCOCC3)C2)c1F. The second-order valence-electron chi connectivity index (χ2n) is 5.91. The molecule has 2 aliphatic heterocycles. The highest BCUT2D eigenvalue weighted by Crippen LogP contribution is 2.28. The molecule has 21 heavy (non-hydrogen) atoms. The monoisotopic (exact) mass is 294 g/mol. The molecule has 0 amide bonds. The lowest BCUT2D eigenvalue weighted by atomic mass is 10.0. The molecule has 6 heteroatoms. The van der Waals surface area contributed by atoms with Gasteiger partial charge in [0.15, 0.2) is 11.6 Å². The van der Waals surface area contributed by atoms with Gasteiger partial charge in [0.2, 0.25) is 0 Å². The molecule has 0 radical (unpaired) electrons. The van der Waals surface area contributed by atoms with Gasteiger partial charge < -0.3 is 9.64 Å². The summed E-state index contributed by atoms with van der Waals surface area (Å²) in [6.07, 6.45) is 2.07. The number of anilines is 1. The smallest absolute Gasteiger partial charge is 0.187 e. The zero-order valence-electron chi connectivity index (χ0n) is 12.8. The summed E-state index contributed by atoms with van der Waals surface area (Å²) < 4.78 is 19.8. The van der Waals surface area contributed by atoms with Gasteiger partial charge in [0.05, 0.1) is 18.9 Å². The van der Waals surface area contributed by atoms with Gasteiger partial charge in [0, 0.05) is 32.2 Å². The Morgan fingerprint density at radius 1 is 1.29 bits per heavy atom. The van der Waals surface area contributed by atoms with E-state index in [1.807, 2.05) is 6.92 Å². The lowest BCUT2D eigenvalue weighted by Crippen LogP contribution is -2.46. The van der Waals surface area contributed by atoms with Crippen molar-refractivity contribution >= 4 is 5.82 Å². The first kappa shape index (κ1) is 14.7. The number of rotatable bonds is 3. The fraction of sp³-hybridized carbons (Fsp3) is 0.733. The molecule has 116 valence electrons. The van der Waals surface area contributed by atoms with Gasteiger partial charge >= 0.3 is 0 Å². The summed E-state index contributed by atoms with van der Waals surface area (Å²) >= 11 is 0. The van der Waals surface area contributed by atoms with Crippen LogP contribution in [-0.2, 0) is 11.2 Å². The minimum atomic E-state index is -0.255. The quantitative estimate of drug-likeness (QED) is 0.841. The Hall–Kier alpha value is -1.27. The normalized spacial score (nSPS) is 27.3. The Morgan fingerprint density at radius 3 is 2.76 bits per heavy atom. The molecule has 3 heterocycles. The second-order valence-corrected chi connectivity index (χ2v) is 5.91. The number of morpholine rings is 1. The molecule has 0 spiro atoms. The van der Waals surface area contributed by atoms with Crippen molar-refractivity contribution in [3.05, 3.63) is 17.8 Å². The van der Waals surface area contributed by atoms with Crippen molar-refractivity contribution in [2.45, 2.75) is 26.3 Å². The third-order valence-corrected chi connectivity index (χ3v) is 4.57. The van der Waals surface area contributed by atoms with Crippen molar-refractivity contribution in [3.63, 3.8) is 0 Å². The van der Waals surface area contributed by atoms with Crippen molar-refractivity contribution in [2.75, 3.05) is 44.3 Å². The first-order chi connectivity index (χ1) is 10.2. The first-order valence-electron chi connectivity index (χ1n) is 7.76. The summed E-state index contributed by atoms with van der Waals surface area (Å²) in [6, 6.07) is 0.452. The molecule has 2 atom stereocenters. The van der Waals surface area contributed by atoms with E-state index in [2.05, 4.69) is 26.7 Å². The fourth-order valence-electron chi connectivity index (χ4n) is 3.37. The number of halogens is 1. The highest BCUT2D eigenvalue weighted by Gasteiger charge is 2.36. The number of hydrogen-bond acceptors (Lipinski definition) is 5. The molecule has 0 bridgehead atoms. The van der Waals surface area contributed by atoms with E-state index in [9.17, 15) is 4.39 Å². The van der Waals surface area contributed by atoms with Crippen LogP contribution < -0.4 is 4.90 Å². The zero-order chi connectivity index (χ0) is 14.8. The van der Waals surface area contributed by atoms with Crippen LogP contribution in [0.15, 0.2) is 6.33 Å². The van der Waals surface area contributed by atoms with Gasteiger partial charge in [-0.25, -0.2) is 14.4 Å². The molecule has 0 aromatic carbocycles. The number of ether oxygens (including phenoxy) is 1. The minimum absolute atomic E-state index is 0.255. The maximum Gasteiger partial charge on any atom is 0.187 e. The van der Waals surface area contributed by atoms with E-state index < -0.39 is 0 Å². The van der Waals surface area contributed by atoms with E-state index in [0.717, 1.165) is 39.4 Å². The van der Waals surface area contributed by atoms with Gasteiger partial charge in [-0.2, -0.15) is 0 Å². The van der Waals surface area contributed by atoms with Crippen molar-refractivity contribution in [1.29, 1.82) is 0 Å². The van der Waals surface area contributed by atoms with Gasteiger partial charge in [-0.15, -0.1) is 0 Å². The minimum Gasteiger partial charge on any atom is -0.379 e. The molecule has 3 rings (SSSR count). The first-order valence-corrected chi connectivity index (χ1v) is 7.76. The summed E-state index contributed by atoms with van der Waals surface area (Å²) in [7, 11) is 0. The molecule has 2 aliphatic rings. The average Bonchev–Trinajstić information content (AvgIpc) is 2.90. The lowest BCUT2D eigenvalue weighted by molar-refractivity contribution is 0.0134. The average molecular weight is 294 g/mol. The molecule has 1 aromatic rings. The predicted octanol–water partition coefficient (Wildman–Crippen LogP) is 1.33. The highest BCUT2D eigenvalue weighted by molar-refractivity contribution is 5.43. The Labute approximate surface area is 125 Å². The summed E-state index contributed by atoms with van der Waals surface area (Å²) in [6.45, 7) is 9.36. The third-order valence-electron chi connectivity index (χ3n) is 4.57. The molecule has 5 nitrogen and oxygen atoms in total. The van der Waals surface area contributed by atoms with E-state index in [4.69, 9.17) is 4.74 Å². The van der Waals surface area contributed by atoms with Crippen molar-refractivity contribution in [1.82, 2.24) is 14.9 Å². The largest absolute Gasteiger partial charge is 0.379 e. The van der Waals surface area contributed by atoms with E-state index in [-0.39, 0.29) is 5.82 Å². The van der Waals surface area contributed by atoms with Gasteiger partial charge in [-0.05, 0) is 12.3 Å². The molecule has 2 fully saturated rings. The van der Waals surface area contributed by atoms with Crippen LogP contribution in [0.3, 0.4) is 0 Å². The van der Waals surface area contributed by atoms with Crippen LogP contribution in [0.2, 0.25) is 0 Å². The molecular formula is C15H23FN4O. The Bertz CT molecular complexity index is 493.